The predicted molar refractivity (Wildman–Crippen MR) is 46.2 cm³/mol. The average Bonchev–Trinajstić information content (AvgIpc) is 2.05. The summed E-state index contributed by atoms with van der Waals surface area (Å²) in [5.41, 5.74) is 0.718. The summed E-state index contributed by atoms with van der Waals surface area (Å²) in [6, 6.07) is 3.66. The van der Waals surface area contributed by atoms with Crippen LogP contribution in [-0.2, 0) is 0 Å². The number of hydrogen-bond acceptors (Lipinski definition) is 3. The predicted octanol–water partition coefficient (Wildman–Crippen LogP) is -0.616. The maximum atomic E-state index is 8.59. The van der Waals surface area contributed by atoms with Crippen molar-refractivity contribution in [3.63, 3.8) is 0 Å². The largest absolute Gasteiger partial charge is 0.450 e. The number of hydrogen-bond donors (Lipinski definition) is 1. The molecule has 3 nitrogen and oxygen atoms in total. The summed E-state index contributed by atoms with van der Waals surface area (Å²) in [5, 5.41) is 8.59. The molecule has 0 amide bonds. The SMILES string of the molecule is CN(C)c1ccc([B]O)cn1. The van der Waals surface area contributed by atoms with Gasteiger partial charge in [0.15, 0.2) is 0 Å². The summed E-state index contributed by atoms with van der Waals surface area (Å²) in [4.78, 5) is 5.99. The van der Waals surface area contributed by atoms with E-state index in [1.807, 2.05) is 31.1 Å². The molecule has 0 saturated heterocycles. The Morgan fingerprint density at radius 3 is 2.55 bits per heavy atom. The fourth-order valence-electron chi connectivity index (χ4n) is 0.738. The third-order valence-electron chi connectivity index (χ3n) is 1.38. The Morgan fingerprint density at radius 1 is 1.45 bits per heavy atom. The van der Waals surface area contributed by atoms with Gasteiger partial charge in [0.1, 0.15) is 5.82 Å². The second-order valence-electron chi connectivity index (χ2n) is 2.47. The number of pyridine rings is 1. The molecule has 0 spiro atoms. The molecule has 0 aliphatic heterocycles. The van der Waals surface area contributed by atoms with E-state index in [1.165, 1.54) is 0 Å². The lowest BCUT2D eigenvalue weighted by atomic mass is 9.91. The molecule has 0 saturated carbocycles. The third-order valence-corrected chi connectivity index (χ3v) is 1.38. The van der Waals surface area contributed by atoms with Gasteiger partial charge in [-0.2, -0.15) is 0 Å². The van der Waals surface area contributed by atoms with Gasteiger partial charge in [-0.25, -0.2) is 4.98 Å². The van der Waals surface area contributed by atoms with Gasteiger partial charge in [0.25, 0.3) is 0 Å². The molecule has 0 atom stereocenters. The average molecular weight is 149 g/mol. The van der Waals surface area contributed by atoms with E-state index in [9.17, 15) is 0 Å². The lowest BCUT2D eigenvalue weighted by molar-refractivity contribution is 0.615. The number of aromatic nitrogens is 1. The van der Waals surface area contributed by atoms with E-state index < -0.39 is 0 Å². The molecule has 1 rings (SSSR count). The van der Waals surface area contributed by atoms with Gasteiger partial charge < -0.3 is 9.92 Å². The van der Waals surface area contributed by atoms with E-state index in [2.05, 4.69) is 4.98 Å². The van der Waals surface area contributed by atoms with Crippen molar-refractivity contribution in [1.82, 2.24) is 4.98 Å². The Labute approximate surface area is 67.0 Å². The van der Waals surface area contributed by atoms with E-state index in [0.717, 1.165) is 18.8 Å². The van der Waals surface area contributed by atoms with E-state index in [0.29, 0.717) is 0 Å². The first-order chi connectivity index (χ1) is 5.24. The molecule has 57 valence electrons. The molecule has 0 unspecified atom stereocenters. The van der Waals surface area contributed by atoms with Gasteiger partial charge in [-0.15, -0.1) is 0 Å². The van der Waals surface area contributed by atoms with Crippen molar-refractivity contribution < 1.29 is 5.02 Å². The normalized spacial score (nSPS) is 9.36. The minimum absolute atomic E-state index is 0.718. The second-order valence-corrected chi connectivity index (χ2v) is 2.47. The van der Waals surface area contributed by atoms with Crippen molar-refractivity contribution in [3.8, 4) is 0 Å². The highest BCUT2D eigenvalue weighted by molar-refractivity contribution is 6.45. The molecule has 0 aromatic carbocycles. The van der Waals surface area contributed by atoms with Crippen LogP contribution in [0.25, 0.3) is 0 Å². The van der Waals surface area contributed by atoms with Gasteiger partial charge in [0, 0.05) is 20.3 Å². The fraction of sp³-hybridized carbons (Fsp3) is 0.286. The Hall–Kier alpha value is -1.03. The highest BCUT2D eigenvalue weighted by Crippen LogP contribution is 2.01. The van der Waals surface area contributed by atoms with Crippen LogP contribution in [0.4, 0.5) is 5.82 Å². The minimum Gasteiger partial charge on any atom is -0.450 e. The van der Waals surface area contributed by atoms with Gasteiger partial charge in [-0.05, 0) is 11.5 Å². The molecule has 0 bridgehead atoms. The van der Waals surface area contributed by atoms with Crippen molar-refractivity contribution in [1.29, 1.82) is 0 Å². The van der Waals surface area contributed by atoms with Crippen LogP contribution in [0.1, 0.15) is 0 Å². The van der Waals surface area contributed by atoms with Crippen molar-refractivity contribution in [2.45, 2.75) is 0 Å². The van der Waals surface area contributed by atoms with Crippen LogP contribution in [0.15, 0.2) is 18.3 Å². The third kappa shape index (κ3) is 1.95. The topological polar surface area (TPSA) is 36.4 Å². The Kier molecular flexibility index (Phi) is 2.49. The van der Waals surface area contributed by atoms with Crippen LogP contribution in [0.3, 0.4) is 0 Å². The quantitative estimate of drug-likeness (QED) is 0.569. The lowest BCUT2D eigenvalue weighted by Gasteiger charge is -2.10. The lowest BCUT2D eigenvalue weighted by Crippen LogP contribution is -2.17. The van der Waals surface area contributed by atoms with Crippen LogP contribution >= 0.6 is 0 Å². The smallest absolute Gasteiger partial charge is 0.328 e. The molecular formula is C7H10BN2O. The Balaban J connectivity index is 2.83. The monoisotopic (exact) mass is 149 g/mol. The number of rotatable bonds is 2. The zero-order chi connectivity index (χ0) is 8.27. The van der Waals surface area contributed by atoms with E-state index in [1.54, 1.807) is 6.20 Å². The summed E-state index contributed by atoms with van der Waals surface area (Å²) < 4.78 is 0. The standard InChI is InChI=1S/C7H10BN2O/c1-10(2)7-4-3-6(8-11)5-9-7/h3-5,11H,1-2H3. The second kappa shape index (κ2) is 3.39. The summed E-state index contributed by atoms with van der Waals surface area (Å²) in [6.45, 7) is 0. The Morgan fingerprint density at radius 2 is 2.18 bits per heavy atom. The molecule has 0 fully saturated rings. The molecule has 1 aromatic heterocycles. The van der Waals surface area contributed by atoms with E-state index in [4.69, 9.17) is 5.02 Å². The van der Waals surface area contributed by atoms with Crippen LogP contribution in [0.2, 0.25) is 0 Å². The van der Waals surface area contributed by atoms with E-state index in [-0.39, 0.29) is 0 Å². The molecule has 0 aliphatic rings. The maximum absolute atomic E-state index is 8.59. The summed E-state index contributed by atoms with van der Waals surface area (Å²) in [5.74, 6) is 0.885. The Bertz CT molecular complexity index is 222. The molecule has 1 heterocycles. The van der Waals surface area contributed by atoms with Gasteiger partial charge in [0.05, 0.1) is 0 Å². The molecule has 1 radical (unpaired) electrons. The van der Waals surface area contributed by atoms with Gasteiger partial charge in [0.2, 0.25) is 0 Å². The van der Waals surface area contributed by atoms with Crippen LogP contribution in [-0.4, -0.2) is 31.6 Å². The van der Waals surface area contributed by atoms with Gasteiger partial charge in [-0.1, -0.05) is 6.07 Å². The van der Waals surface area contributed by atoms with E-state index >= 15 is 0 Å². The summed E-state index contributed by atoms with van der Waals surface area (Å²) in [7, 11) is 4.88. The zero-order valence-electron chi connectivity index (χ0n) is 6.65. The first-order valence-electron chi connectivity index (χ1n) is 3.35. The van der Waals surface area contributed by atoms with Gasteiger partial charge in [-0.3, -0.25) is 0 Å². The fourth-order valence-corrected chi connectivity index (χ4v) is 0.738. The first kappa shape index (κ1) is 8.08. The van der Waals surface area contributed by atoms with Crippen molar-refractivity contribution in [3.05, 3.63) is 18.3 Å². The minimum atomic E-state index is 0.718. The molecule has 1 aromatic rings. The highest BCUT2D eigenvalue weighted by atomic mass is 16.2. The molecule has 1 N–H and O–H groups in total. The number of nitrogens with zero attached hydrogens (tertiary/aromatic N) is 2. The zero-order valence-corrected chi connectivity index (χ0v) is 6.65. The van der Waals surface area contributed by atoms with Crippen LogP contribution in [0.5, 0.6) is 0 Å². The van der Waals surface area contributed by atoms with Crippen molar-refractivity contribution in [2.24, 2.45) is 0 Å². The maximum Gasteiger partial charge on any atom is 0.328 e. The molecule has 0 aliphatic carbocycles. The van der Waals surface area contributed by atoms with Crippen LogP contribution < -0.4 is 10.4 Å². The highest BCUT2D eigenvalue weighted by Gasteiger charge is 1.96. The summed E-state index contributed by atoms with van der Waals surface area (Å²) >= 11 is 0. The molecule has 4 heteroatoms. The summed E-state index contributed by atoms with van der Waals surface area (Å²) in [6.07, 6.45) is 1.62. The van der Waals surface area contributed by atoms with Gasteiger partial charge >= 0.3 is 7.48 Å². The number of anilines is 1. The van der Waals surface area contributed by atoms with Crippen molar-refractivity contribution in [2.75, 3.05) is 19.0 Å². The molecular weight excluding hydrogens is 139 g/mol. The first-order valence-corrected chi connectivity index (χ1v) is 3.35. The molecule has 11 heavy (non-hydrogen) atoms. The van der Waals surface area contributed by atoms with Crippen molar-refractivity contribution >= 4 is 18.8 Å². The van der Waals surface area contributed by atoms with Crippen LogP contribution in [0, 0.1) is 0 Å².